The average Bonchev–Trinajstić information content (AvgIpc) is 3.71. The van der Waals surface area contributed by atoms with E-state index >= 15 is 0 Å². The number of esters is 1. The van der Waals surface area contributed by atoms with Crippen molar-refractivity contribution in [1.82, 2.24) is 15.1 Å². The Bertz CT molecular complexity index is 1260. The maximum atomic E-state index is 14.3. The second-order valence-electron chi connectivity index (χ2n) is 12.5. The number of benzene rings is 1. The molecule has 11 nitrogen and oxygen atoms in total. The molecule has 1 aromatic rings. The van der Waals surface area contributed by atoms with Gasteiger partial charge in [-0.05, 0) is 38.2 Å². The number of aliphatic hydroxyl groups excluding tert-OH is 1. The van der Waals surface area contributed by atoms with Crippen LogP contribution in [0.2, 0.25) is 0 Å². The van der Waals surface area contributed by atoms with E-state index in [1.165, 1.54) is 12.0 Å². The van der Waals surface area contributed by atoms with Crippen molar-refractivity contribution in [2.24, 2.45) is 11.8 Å². The van der Waals surface area contributed by atoms with Crippen LogP contribution >= 0.6 is 0 Å². The number of fused-ring (bicyclic) bond motifs is 1. The van der Waals surface area contributed by atoms with E-state index in [9.17, 15) is 24.3 Å². The SMILES string of the molecule is C=CCCC(=O)N[C@H](COC)[C@H](OC(=O)[C@@H]1[C@H]2C(=O)N([C@H](C)CO)[C@H](C(=O)N(CC=C)CCCC)[C@]23CC[C@H]1O3)c1ccccc1. The van der Waals surface area contributed by atoms with Crippen LogP contribution in [-0.4, -0.2) is 102 Å². The highest BCUT2D eigenvalue weighted by Crippen LogP contribution is 2.59. The lowest BCUT2D eigenvalue weighted by Gasteiger charge is -2.38. The summed E-state index contributed by atoms with van der Waals surface area (Å²) in [5, 5.41) is 13.1. The zero-order chi connectivity index (χ0) is 33.4. The molecule has 1 spiro atoms. The van der Waals surface area contributed by atoms with Crippen molar-refractivity contribution in [3.05, 3.63) is 61.2 Å². The number of amides is 3. The molecular formula is C35H49N3O8. The number of allylic oxidation sites excluding steroid dienone is 1. The van der Waals surface area contributed by atoms with Crippen molar-refractivity contribution in [1.29, 1.82) is 0 Å². The van der Waals surface area contributed by atoms with Gasteiger partial charge in [-0.1, -0.05) is 55.8 Å². The van der Waals surface area contributed by atoms with E-state index in [0.29, 0.717) is 37.9 Å². The Labute approximate surface area is 271 Å². The third kappa shape index (κ3) is 6.91. The minimum atomic E-state index is -1.23. The highest BCUT2D eigenvalue weighted by molar-refractivity contribution is 5.98. The van der Waals surface area contributed by atoms with Gasteiger partial charge in [-0.2, -0.15) is 0 Å². The molecule has 3 amide bonds. The smallest absolute Gasteiger partial charge is 0.313 e. The van der Waals surface area contributed by atoms with Gasteiger partial charge in [0.2, 0.25) is 17.7 Å². The molecule has 0 aromatic heterocycles. The second kappa shape index (κ2) is 15.8. The third-order valence-corrected chi connectivity index (χ3v) is 9.43. The lowest BCUT2D eigenvalue weighted by molar-refractivity contribution is -0.163. The molecule has 3 aliphatic rings. The van der Waals surface area contributed by atoms with Gasteiger partial charge in [-0.3, -0.25) is 19.2 Å². The highest BCUT2D eigenvalue weighted by atomic mass is 16.6. The van der Waals surface area contributed by atoms with Gasteiger partial charge in [-0.25, -0.2) is 0 Å². The Morgan fingerprint density at radius 3 is 2.61 bits per heavy atom. The number of aliphatic hydroxyl groups is 1. The van der Waals surface area contributed by atoms with Crippen molar-refractivity contribution in [3.8, 4) is 0 Å². The summed E-state index contributed by atoms with van der Waals surface area (Å²) in [5.74, 6) is -3.49. The van der Waals surface area contributed by atoms with Gasteiger partial charge < -0.3 is 34.4 Å². The first-order chi connectivity index (χ1) is 22.2. The van der Waals surface area contributed by atoms with E-state index in [-0.39, 0.29) is 31.4 Å². The number of nitrogens with zero attached hydrogens (tertiary/aromatic N) is 2. The largest absolute Gasteiger partial charge is 0.455 e. The molecule has 3 fully saturated rings. The van der Waals surface area contributed by atoms with E-state index in [0.717, 1.165) is 12.8 Å². The first-order valence-electron chi connectivity index (χ1n) is 16.3. The Kier molecular flexibility index (Phi) is 12.2. The summed E-state index contributed by atoms with van der Waals surface area (Å²) in [6.45, 7) is 11.7. The minimum absolute atomic E-state index is 0.0683. The van der Waals surface area contributed by atoms with Gasteiger partial charge in [0, 0.05) is 26.6 Å². The standard InChI is InChI=1S/C35H49N3O8/c1-6-9-16-27(40)36-25(22-44-5)30(24-14-12-11-13-15-24)45-34(43)28-26-17-18-35(46-26)29(28)32(41)38(23(4)21-39)31(35)33(42)37(19-8-3)20-10-7-2/h6,8,11-15,23,25-26,28-31,39H,1,3,7,9-10,16-22H2,2,4-5H3,(H,36,40)/t23-,25-,26-,28+,29+,30-,31-,35+/m1/s1. The maximum Gasteiger partial charge on any atom is 0.313 e. The fourth-order valence-corrected chi connectivity index (χ4v) is 7.29. The van der Waals surface area contributed by atoms with Gasteiger partial charge in [0.1, 0.15) is 17.7 Å². The van der Waals surface area contributed by atoms with Gasteiger partial charge >= 0.3 is 5.97 Å². The van der Waals surface area contributed by atoms with Crippen molar-refractivity contribution in [3.63, 3.8) is 0 Å². The van der Waals surface area contributed by atoms with Crippen molar-refractivity contribution < 1.29 is 38.5 Å². The van der Waals surface area contributed by atoms with Crippen LogP contribution in [0.3, 0.4) is 0 Å². The monoisotopic (exact) mass is 639 g/mol. The fourth-order valence-electron chi connectivity index (χ4n) is 7.29. The summed E-state index contributed by atoms with van der Waals surface area (Å²) >= 11 is 0. The summed E-state index contributed by atoms with van der Waals surface area (Å²) in [4.78, 5) is 58.7. The van der Waals surface area contributed by atoms with E-state index < -0.39 is 59.6 Å². The number of carbonyl (C=O) groups excluding carboxylic acids is 4. The molecular weight excluding hydrogens is 590 g/mol. The number of carbonyl (C=O) groups is 4. The van der Waals surface area contributed by atoms with Crippen LogP contribution in [0.25, 0.3) is 0 Å². The predicted octanol–water partition coefficient (Wildman–Crippen LogP) is 2.94. The maximum absolute atomic E-state index is 14.3. The molecule has 0 unspecified atom stereocenters. The molecule has 11 heteroatoms. The molecule has 2 bridgehead atoms. The van der Waals surface area contributed by atoms with Crippen LogP contribution in [0.5, 0.6) is 0 Å². The van der Waals surface area contributed by atoms with Crippen LogP contribution in [0, 0.1) is 11.8 Å². The first kappa shape index (κ1) is 35.3. The number of hydrogen-bond donors (Lipinski definition) is 2. The summed E-state index contributed by atoms with van der Waals surface area (Å²) in [5.41, 5.74) is -0.581. The summed E-state index contributed by atoms with van der Waals surface area (Å²) in [7, 11) is 1.50. The molecule has 3 aliphatic heterocycles. The molecule has 0 radical (unpaired) electrons. The van der Waals surface area contributed by atoms with Gasteiger partial charge in [0.15, 0.2) is 0 Å². The quantitative estimate of drug-likeness (QED) is 0.185. The second-order valence-corrected chi connectivity index (χ2v) is 12.5. The topological polar surface area (TPSA) is 135 Å². The van der Waals surface area contributed by atoms with E-state index in [1.807, 2.05) is 25.1 Å². The summed E-state index contributed by atoms with van der Waals surface area (Å²) in [6.07, 6.45) is 5.02. The van der Waals surface area contributed by atoms with Gasteiger partial charge in [0.25, 0.3) is 0 Å². The van der Waals surface area contributed by atoms with Gasteiger partial charge in [0.05, 0.1) is 43.2 Å². The van der Waals surface area contributed by atoms with Crippen LogP contribution in [0.1, 0.15) is 64.0 Å². The molecule has 1 aromatic carbocycles. The number of nitrogens with one attached hydrogen (secondary N) is 1. The van der Waals surface area contributed by atoms with Crippen LogP contribution in [0.4, 0.5) is 0 Å². The number of likely N-dealkylation sites (tertiary alicyclic amines) is 1. The fraction of sp³-hybridized carbons (Fsp3) is 0.600. The van der Waals surface area contributed by atoms with Gasteiger partial charge in [-0.15, -0.1) is 13.2 Å². The van der Waals surface area contributed by atoms with Crippen LogP contribution < -0.4 is 5.32 Å². The number of hydrogen-bond acceptors (Lipinski definition) is 8. The number of unbranched alkanes of at least 4 members (excludes halogenated alkanes) is 1. The lowest BCUT2D eigenvalue weighted by atomic mass is 9.70. The molecule has 4 rings (SSSR count). The van der Waals surface area contributed by atoms with Crippen molar-refractivity contribution in [2.45, 2.75) is 88.3 Å². The predicted molar refractivity (Wildman–Crippen MR) is 171 cm³/mol. The first-order valence-corrected chi connectivity index (χ1v) is 16.3. The molecule has 8 atom stereocenters. The minimum Gasteiger partial charge on any atom is -0.455 e. The van der Waals surface area contributed by atoms with E-state index in [2.05, 4.69) is 18.5 Å². The third-order valence-electron chi connectivity index (χ3n) is 9.43. The summed E-state index contributed by atoms with van der Waals surface area (Å²) < 4.78 is 18.2. The zero-order valence-electron chi connectivity index (χ0n) is 27.3. The molecule has 46 heavy (non-hydrogen) atoms. The van der Waals surface area contributed by atoms with E-state index in [4.69, 9.17) is 14.2 Å². The molecule has 2 N–H and O–H groups in total. The average molecular weight is 640 g/mol. The van der Waals surface area contributed by atoms with Crippen LogP contribution in [-0.2, 0) is 33.4 Å². The number of ether oxygens (including phenoxy) is 3. The Balaban J connectivity index is 1.68. The van der Waals surface area contributed by atoms with Crippen LogP contribution in [0.15, 0.2) is 55.6 Å². The van der Waals surface area contributed by atoms with Crippen molar-refractivity contribution >= 4 is 23.7 Å². The Morgan fingerprint density at radius 1 is 1.24 bits per heavy atom. The molecule has 3 heterocycles. The zero-order valence-corrected chi connectivity index (χ0v) is 27.3. The Morgan fingerprint density at radius 2 is 1.98 bits per heavy atom. The molecule has 0 aliphatic carbocycles. The molecule has 252 valence electrons. The normalized spacial score (nSPS) is 26.6. The van der Waals surface area contributed by atoms with E-state index in [1.54, 1.807) is 36.1 Å². The number of methoxy groups -OCH3 is 1. The van der Waals surface area contributed by atoms with Crippen molar-refractivity contribution in [2.75, 3.05) is 33.4 Å². The summed E-state index contributed by atoms with van der Waals surface area (Å²) in [6, 6.07) is 6.69. The Hall–Kier alpha value is -3.54. The highest BCUT2D eigenvalue weighted by Gasteiger charge is 2.75. The number of rotatable bonds is 18. The lowest BCUT2D eigenvalue weighted by Crippen LogP contribution is -2.58. The molecule has 0 saturated carbocycles. The molecule has 3 saturated heterocycles.